The molecule has 0 fully saturated rings. The van der Waals surface area contributed by atoms with Crippen LogP contribution in [0.5, 0.6) is 5.75 Å². The van der Waals surface area contributed by atoms with E-state index in [1.54, 1.807) is 18.2 Å². The highest BCUT2D eigenvalue weighted by Gasteiger charge is 2.06. The normalized spacial score (nSPS) is 10.2. The van der Waals surface area contributed by atoms with Crippen molar-refractivity contribution in [1.82, 2.24) is 9.97 Å². The summed E-state index contributed by atoms with van der Waals surface area (Å²) in [6.45, 7) is 2.40. The predicted molar refractivity (Wildman–Crippen MR) is 65.9 cm³/mol. The lowest BCUT2D eigenvalue weighted by Crippen LogP contribution is -2.08. The second-order valence-electron chi connectivity index (χ2n) is 3.48. The molecule has 0 bridgehead atoms. The van der Waals surface area contributed by atoms with E-state index in [0.29, 0.717) is 23.6 Å². The van der Waals surface area contributed by atoms with Crippen molar-refractivity contribution in [2.45, 2.75) is 6.92 Å². The van der Waals surface area contributed by atoms with Gasteiger partial charge in [-0.25, -0.2) is 4.98 Å². The first-order valence-corrected chi connectivity index (χ1v) is 5.27. The van der Waals surface area contributed by atoms with Crippen LogP contribution >= 0.6 is 0 Å². The molecule has 1 heterocycles. The van der Waals surface area contributed by atoms with Gasteiger partial charge in [0.1, 0.15) is 5.75 Å². The Morgan fingerprint density at radius 1 is 1.47 bits per heavy atom. The van der Waals surface area contributed by atoms with Crippen LogP contribution in [0.4, 0.5) is 5.69 Å². The van der Waals surface area contributed by atoms with Gasteiger partial charge in [-0.05, 0) is 24.6 Å². The number of hydrogen-bond donors (Lipinski definition) is 2. The van der Waals surface area contributed by atoms with Crippen molar-refractivity contribution in [2.24, 2.45) is 0 Å². The number of nitrogens with two attached hydrogens (primary N) is 1. The molecule has 5 nitrogen and oxygen atoms in total. The number of benzene rings is 1. The van der Waals surface area contributed by atoms with Crippen LogP contribution < -0.4 is 16.0 Å². The van der Waals surface area contributed by atoms with Crippen LogP contribution in [-0.2, 0) is 0 Å². The highest BCUT2D eigenvalue weighted by molar-refractivity contribution is 5.68. The molecular formula is C12H13N3O2. The number of hydrogen-bond acceptors (Lipinski definition) is 4. The van der Waals surface area contributed by atoms with Gasteiger partial charge in [0.15, 0.2) is 0 Å². The minimum absolute atomic E-state index is 0.188. The minimum atomic E-state index is -0.188. The number of nitrogen functional groups attached to an aromatic ring is 1. The molecule has 3 N–H and O–H groups in total. The fourth-order valence-electron chi connectivity index (χ4n) is 1.53. The third kappa shape index (κ3) is 2.28. The first-order valence-electron chi connectivity index (χ1n) is 5.27. The van der Waals surface area contributed by atoms with Gasteiger partial charge in [-0.3, -0.25) is 4.79 Å². The van der Waals surface area contributed by atoms with E-state index >= 15 is 0 Å². The van der Waals surface area contributed by atoms with Crippen LogP contribution in [0.1, 0.15) is 6.92 Å². The number of H-pyrrole nitrogens is 1. The van der Waals surface area contributed by atoms with E-state index in [0.717, 1.165) is 5.56 Å². The zero-order valence-electron chi connectivity index (χ0n) is 9.43. The van der Waals surface area contributed by atoms with Crippen LogP contribution in [0.15, 0.2) is 35.5 Å². The van der Waals surface area contributed by atoms with Gasteiger partial charge < -0.3 is 15.5 Å². The summed E-state index contributed by atoms with van der Waals surface area (Å²) < 4.78 is 5.38. The largest absolute Gasteiger partial charge is 0.492 e. The molecule has 88 valence electrons. The summed E-state index contributed by atoms with van der Waals surface area (Å²) in [6, 6.07) is 5.22. The molecule has 5 heteroatoms. The molecule has 0 aliphatic carbocycles. The molecule has 0 spiro atoms. The first-order chi connectivity index (χ1) is 8.22. The number of nitrogens with zero attached hydrogens (tertiary/aromatic N) is 1. The molecule has 0 atom stereocenters. The number of anilines is 1. The molecule has 0 amide bonds. The van der Waals surface area contributed by atoms with E-state index in [1.165, 1.54) is 12.5 Å². The Kier molecular flexibility index (Phi) is 3.09. The summed E-state index contributed by atoms with van der Waals surface area (Å²) in [7, 11) is 0. The Morgan fingerprint density at radius 2 is 2.29 bits per heavy atom. The summed E-state index contributed by atoms with van der Waals surface area (Å²) >= 11 is 0. The Bertz CT molecular complexity index is 578. The number of ether oxygens (including phenoxy) is 1. The van der Waals surface area contributed by atoms with E-state index in [4.69, 9.17) is 10.5 Å². The fourth-order valence-corrected chi connectivity index (χ4v) is 1.53. The second kappa shape index (κ2) is 4.69. The van der Waals surface area contributed by atoms with E-state index < -0.39 is 0 Å². The highest BCUT2D eigenvalue weighted by atomic mass is 16.5. The third-order valence-electron chi connectivity index (χ3n) is 2.34. The van der Waals surface area contributed by atoms with Crippen LogP contribution in [-0.4, -0.2) is 16.6 Å². The molecule has 0 aliphatic rings. The molecule has 0 saturated heterocycles. The lowest BCUT2D eigenvalue weighted by atomic mass is 10.1. The van der Waals surface area contributed by atoms with Crippen molar-refractivity contribution in [1.29, 1.82) is 0 Å². The van der Waals surface area contributed by atoms with Crippen LogP contribution in [0.25, 0.3) is 11.1 Å². The average molecular weight is 231 g/mol. The second-order valence-corrected chi connectivity index (χ2v) is 3.48. The number of aromatic nitrogens is 2. The fraction of sp³-hybridized carbons (Fsp3) is 0.167. The number of aromatic amines is 1. The zero-order valence-corrected chi connectivity index (χ0v) is 9.43. The van der Waals surface area contributed by atoms with E-state index in [1.807, 2.05) is 6.92 Å². The van der Waals surface area contributed by atoms with Gasteiger partial charge in [0, 0.05) is 6.20 Å². The third-order valence-corrected chi connectivity index (χ3v) is 2.34. The van der Waals surface area contributed by atoms with Crippen molar-refractivity contribution in [3.8, 4) is 16.9 Å². The van der Waals surface area contributed by atoms with Crippen LogP contribution in [0, 0.1) is 0 Å². The Labute approximate surface area is 98.3 Å². The summed E-state index contributed by atoms with van der Waals surface area (Å²) in [5.41, 5.74) is 7.36. The molecule has 1 aromatic heterocycles. The van der Waals surface area contributed by atoms with Crippen molar-refractivity contribution in [3.05, 3.63) is 41.1 Å². The van der Waals surface area contributed by atoms with Crippen molar-refractivity contribution >= 4 is 5.69 Å². The van der Waals surface area contributed by atoms with Gasteiger partial charge in [0.2, 0.25) is 0 Å². The van der Waals surface area contributed by atoms with Gasteiger partial charge in [0.05, 0.1) is 24.2 Å². The maximum absolute atomic E-state index is 11.6. The van der Waals surface area contributed by atoms with Gasteiger partial charge in [0.25, 0.3) is 5.56 Å². The van der Waals surface area contributed by atoms with Gasteiger partial charge in [-0.1, -0.05) is 6.07 Å². The smallest absolute Gasteiger partial charge is 0.258 e. The van der Waals surface area contributed by atoms with Gasteiger partial charge in [-0.15, -0.1) is 0 Å². The Balaban J connectivity index is 2.50. The van der Waals surface area contributed by atoms with Crippen LogP contribution in [0.3, 0.4) is 0 Å². The minimum Gasteiger partial charge on any atom is -0.492 e. The molecule has 0 radical (unpaired) electrons. The van der Waals surface area contributed by atoms with E-state index in [9.17, 15) is 4.79 Å². The SMILES string of the molecule is CCOc1cc(-c2cnc[nH]c2=O)ccc1N. The highest BCUT2D eigenvalue weighted by Crippen LogP contribution is 2.27. The summed E-state index contributed by atoms with van der Waals surface area (Å²) in [4.78, 5) is 18.0. The van der Waals surface area contributed by atoms with Crippen molar-refractivity contribution in [2.75, 3.05) is 12.3 Å². The monoisotopic (exact) mass is 231 g/mol. The van der Waals surface area contributed by atoms with Crippen molar-refractivity contribution < 1.29 is 4.74 Å². The summed E-state index contributed by atoms with van der Waals surface area (Å²) in [6.07, 6.45) is 2.87. The molecule has 1 aromatic carbocycles. The lowest BCUT2D eigenvalue weighted by molar-refractivity contribution is 0.342. The number of rotatable bonds is 3. The molecule has 0 aliphatic heterocycles. The maximum Gasteiger partial charge on any atom is 0.258 e. The molecule has 0 unspecified atom stereocenters. The van der Waals surface area contributed by atoms with E-state index in [2.05, 4.69) is 9.97 Å². The molecule has 17 heavy (non-hydrogen) atoms. The Hall–Kier alpha value is -2.30. The number of nitrogens with one attached hydrogen (secondary N) is 1. The molecule has 2 aromatic rings. The maximum atomic E-state index is 11.6. The standard InChI is InChI=1S/C12H13N3O2/c1-2-17-11-5-8(3-4-10(11)13)9-6-14-7-15-12(9)16/h3-7H,2,13H2,1H3,(H,14,15,16). The van der Waals surface area contributed by atoms with Crippen molar-refractivity contribution in [3.63, 3.8) is 0 Å². The van der Waals surface area contributed by atoms with E-state index in [-0.39, 0.29) is 5.56 Å². The molecule has 0 saturated carbocycles. The summed E-state index contributed by atoms with van der Waals surface area (Å²) in [5, 5.41) is 0. The zero-order chi connectivity index (χ0) is 12.3. The average Bonchev–Trinajstić information content (AvgIpc) is 2.33. The topological polar surface area (TPSA) is 81.0 Å². The van der Waals surface area contributed by atoms with Gasteiger partial charge in [-0.2, -0.15) is 0 Å². The van der Waals surface area contributed by atoms with Gasteiger partial charge >= 0.3 is 0 Å². The summed E-state index contributed by atoms with van der Waals surface area (Å²) in [5.74, 6) is 0.577. The Morgan fingerprint density at radius 3 is 3.00 bits per heavy atom. The lowest BCUT2D eigenvalue weighted by Gasteiger charge is -2.08. The molecular weight excluding hydrogens is 218 g/mol. The van der Waals surface area contributed by atoms with Crippen LogP contribution in [0.2, 0.25) is 0 Å². The quantitative estimate of drug-likeness (QED) is 0.783. The molecule has 2 rings (SSSR count). The first kappa shape index (κ1) is 11.2. The predicted octanol–water partition coefficient (Wildman–Crippen LogP) is 1.42.